The van der Waals surface area contributed by atoms with Crippen molar-refractivity contribution in [3.63, 3.8) is 0 Å². The summed E-state index contributed by atoms with van der Waals surface area (Å²) in [5.41, 5.74) is 2.94. The van der Waals surface area contributed by atoms with Gasteiger partial charge in [0.15, 0.2) is 0 Å². The van der Waals surface area contributed by atoms with Crippen molar-refractivity contribution in [3.05, 3.63) is 65.2 Å². The van der Waals surface area contributed by atoms with E-state index in [2.05, 4.69) is 4.72 Å². The molecule has 0 saturated heterocycles. The number of ether oxygens (including phenoxy) is 1. The van der Waals surface area contributed by atoms with Gasteiger partial charge in [0.1, 0.15) is 5.75 Å². The van der Waals surface area contributed by atoms with Crippen LogP contribution in [0.25, 0.3) is 0 Å². The first kappa shape index (κ1) is 18.5. The molecule has 0 unspecified atom stereocenters. The molecule has 24 heavy (non-hydrogen) atoms. The molecular formula is C19H25NO3S. The molecule has 2 aromatic rings. The van der Waals surface area contributed by atoms with Crippen molar-refractivity contribution < 1.29 is 13.2 Å². The quantitative estimate of drug-likeness (QED) is 0.707. The monoisotopic (exact) mass is 347 g/mol. The zero-order valence-corrected chi connectivity index (χ0v) is 15.1. The lowest BCUT2D eigenvalue weighted by Gasteiger charge is -2.11. The number of para-hydroxylation sites is 1. The molecule has 0 fully saturated rings. The Labute approximate surface area is 144 Å². The average Bonchev–Trinajstić information content (AvgIpc) is 2.55. The number of benzene rings is 2. The Morgan fingerprint density at radius 2 is 1.67 bits per heavy atom. The predicted molar refractivity (Wildman–Crippen MR) is 97.7 cm³/mol. The Morgan fingerprint density at radius 1 is 1.00 bits per heavy atom. The summed E-state index contributed by atoms with van der Waals surface area (Å²) < 4.78 is 32.7. The van der Waals surface area contributed by atoms with Crippen LogP contribution < -0.4 is 9.46 Å². The Bertz CT molecular complexity index is 757. The van der Waals surface area contributed by atoms with Gasteiger partial charge in [-0.2, -0.15) is 0 Å². The van der Waals surface area contributed by atoms with Gasteiger partial charge in [0.05, 0.1) is 12.4 Å². The highest BCUT2D eigenvalue weighted by atomic mass is 32.2. The van der Waals surface area contributed by atoms with Crippen molar-refractivity contribution in [2.45, 2.75) is 32.4 Å². The maximum absolute atomic E-state index is 12.2. The lowest BCUT2D eigenvalue weighted by atomic mass is 10.1. The second-order valence-electron chi connectivity index (χ2n) is 5.72. The molecule has 0 amide bonds. The van der Waals surface area contributed by atoms with E-state index in [-0.39, 0.29) is 5.75 Å². The fourth-order valence-corrected chi connectivity index (χ4v) is 3.83. The minimum Gasteiger partial charge on any atom is -0.494 e. The molecule has 0 bridgehead atoms. The third-order valence-corrected chi connectivity index (χ3v) is 5.16. The van der Waals surface area contributed by atoms with Crippen LogP contribution in [0, 0.1) is 6.92 Å². The van der Waals surface area contributed by atoms with Crippen LogP contribution in [0.1, 0.15) is 30.0 Å². The predicted octanol–water partition coefficient (Wildman–Crippen LogP) is 3.45. The van der Waals surface area contributed by atoms with Crippen LogP contribution in [0.3, 0.4) is 0 Å². The van der Waals surface area contributed by atoms with Crippen molar-refractivity contribution in [1.82, 2.24) is 4.72 Å². The van der Waals surface area contributed by atoms with Crippen molar-refractivity contribution in [2.75, 3.05) is 13.2 Å². The number of rotatable bonds is 9. The van der Waals surface area contributed by atoms with Gasteiger partial charge in [-0.25, -0.2) is 13.1 Å². The Morgan fingerprint density at radius 3 is 2.38 bits per heavy atom. The van der Waals surface area contributed by atoms with Crippen LogP contribution >= 0.6 is 0 Å². The fraction of sp³-hybridized carbons (Fsp3) is 0.368. The molecule has 2 rings (SSSR count). The highest BCUT2D eigenvalue weighted by Crippen LogP contribution is 2.19. The lowest BCUT2D eigenvalue weighted by Crippen LogP contribution is -2.26. The summed E-state index contributed by atoms with van der Waals surface area (Å²) in [5.74, 6) is 0.901. The normalized spacial score (nSPS) is 11.4. The second kappa shape index (κ2) is 8.85. The first-order valence-electron chi connectivity index (χ1n) is 8.24. The van der Waals surface area contributed by atoms with Crippen LogP contribution in [0.5, 0.6) is 5.75 Å². The van der Waals surface area contributed by atoms with Crippen LogP contribution in [0.15, 0.2) is 48.5 Å². The zero-order chi connectivity index (χ0) is 17.4. The fourth-order valence-electron chi connectivity index (χ4n) is 2.54. The molecule has 0 aliphatic carbocycles. The molecule has 0 saturated carbocycles. The maximum Gasteiger partial charge on any atom is 0.215 e. The second-order valence-corrected chi connectivity index (χ2v) is 7.53. The lowest BCUT2D eigenvalue weighted by molar-refractivity contribution is 0.336. The van der Waals surface area contributed by atoms with E-state index in [4.69, 9.17) is 4.74 Å². The van der Waals surface area contributed by atoms with Crippen molar-refractivity contribution >= 4 is 10.0 Å². The van der Waals surface area contributed by atoms with Crippen LogP contribution in [-0.4, -0.2) is 21.6 Å². The minimum absolute atomic E-state index is 0.0230. The summed E-state index contributed by atoms with van der Waals surface area (Å²) in [5, 5.41) is 0. The largest absolute Gasteiger partial charge is 0.494 e. The number of hydrogen-bond acceptors (Lipinski definition) is 3. The van der Waals surface area contributed by atoms with Crippen molar-refractivity contribution in [1.29, 1.82) is 0 Å². The Kier molecular flexibility index (Phi) is 6.82. The van der Waals surface area contributed by atoms with Gasteiger partial charge in [-0.05, 0) is 49.4 Å². The first-order valence-corrected chi connectivity index (χ1v) is 9.89. The molecule has 0 spiro atoms. The molecule has 1 N–H and O–H groups in total. The summed E-state index contributed by atoms with van der Waals surface area (Å²) in [6.07, 6.45) is 1.51. The van der Waals surface area contributed by atoms with E-state index >= 15 is 0 Å². The van der Waals surface area contributed by atoms with E-state index in [1.807, 2.05) is 62.4 Å². The molecule has 2 aromatic carbocycles. The number of nitrogens with one attached hydrogen (secondary N) is 1. The molecular weight excluding hydrogens is 322 g/mol. The standard InChI is InChI=1S/C19H25NO3S/c1-3-23-19-13-7-6-10-17(19)12-8-14-20-24(21,22)15-18-11-5-4-9-16(18)2/h4-7,9-11,13,20H,3,8,12,14-15H2,1-2H3. The van der Waals surface area contributed by atoms with E-state index in [0.717, 1.165) is 35.3 Å². The van der Waals surface area contributed by atoms with Gasteiger partial charge >= 0.3 is 0 Å². The summed E-state index contributed by atoms with van der Waals surface area (Å²) in [6, 6.07) is 15.4. The number of aryl methyl sites for hydroxylation is 2. The molecule has 0 aliphatic heterocycles. The van der Waals surface area contributed by atoms with Crippen LogP contribution in [0.4, 0.5) is 0 Å². The summed E-state index contributed by atoms with van der Waals surface area (Å²) in [4.78, 5) is 0. The van der Waals surface area contributed by atoms with Gasteiger partial charge in [-0.1, -0.05) is 42.5 Å². The smallest absolute Gasteiger partial charge is 0.215 e. The van der Waals surface area contributed by atoms with Gasteiger partial charge in [0, 0.05) is 6.54 Å². The van der Waals surface area contributed by atoms with Gasteiger partial charge in [0.2, 0.25) is 10.0 Å². The third-order valence-electron chi connectivity index (χ3n) is 3.82. The number of sulfonamides is 1. The molecule has 0 aromatic heterocycles. The molecule has 0 radical (unpaired) electrons. The van der Waals surface area contributed by atoms with Gasteiger partial charge < -0.3 is 4.74 Å². The number of hydrogen-bond donors (Lipinski definition) is 1. The van der Waals surface area contributed by atoms with Crippen LogP contribution in [0.2, 0.25) is 0 Å². The van der Waals surface area contributed by atoms with Gasteiger partial charge in [-0.3, -0.25) is 0 Å². The Balaban J connectivity index is 1.84. The van der Waals surface area contributed by atoms with Crippen molar-refractivity contribution in [3.8, 4) is 5.75 Å². The third kappa shape index (κ3) is 5.65. The molecule has 4 nitrogen and oxygen atoms in total. The van der Waals surface area contributed by atoms with E-state index in [1.165, 1.54) is 0 Å². The molecule has 130 valence electrons. The first-order chi connectivity index (χ1) is 11.5. The van der Waals surface area contributed by atoms with Gasteiger partial charge in [-0.15, -0.1) is 0 Å². The van der Waals surface area contributed by atoms with E-state index in [0.29, 0.717) is 13.2 Å². The average molecular weight is 347 g/mol. The van der Waals surface area contributed by atoms with Gasteiger partial charge in [0.25, 0.3) is 0 Å². The minimum atomic E-state index is -3.31. The zero-order valence-electron chi connectivity index (χ0n) is 14.3. The Hall–Kier alpha value is -1.85. The maximum atomic E-state index is 12.2. The molecule has 0 atom stereocenters. The molecule has 0 aliphatic rings. The molecule has 0 heterocycles. The summed E-state index contributed by atoms with van der Waals surface area (Å²) in [7, 11) is -3.31. The van der Waals surface area contributed by atoms with Crippen LogP contribution in [-0.2, 0) is 22.2 Å². The van der Waals surface area contributed by atoms with E-state index in [1.54, 1.807) is 0 Å². The topological polar surface area (TPSA) is 55.4 Å². The summed E-state index contributed by atoms with van der Waals surface area (Å²) >= 11 is 0. The van der Waals surface area contributed by atoms with E-state index < -0.39 is 10.0 Å². The SMILES string of the molecule is CCOc1ccccc1CCCNS(=O)(=O)Cc1ccccc1C. The van der Waals surface area contributed by atoms with Crippen molar-refractivity contribution in [2.24, 2.45) is 0 Å². The molecule has 5 heteroatoms. The highest BCUT2D eigenvalue weighted by molar-refractivity contribution is 7.88. The summed E-state index contributed by atoms with van der Waals surface area (Å²) in [6.45, 7) is 4.93. The highest BCUT2D eigenvalue weighted by Gasteiger charge is 2.12. The van der Waals surface area contributed by atoms with E-state index in [9.17, 15) is 8.42 Å².